The Hall–Kier alpha value is -4.34. The molecular formula is C27H15N3O2S. The monoisotopic (exact) mass is 445 g/mol. The number of hydrogen-bond acceptors (Lipinski definition) is 4. The fourth-order valence-electron chi connectivity index (χ4n) is 4.32. The maximum atomic E-state index is 13.0. The molecule has 0 unspecified atom stereocenters. The van der Waals surface area contributed by atoms with Crippen LogP contribution < -0.4 is 0 Å². The van der Waals surface area contributed by atoms with Gasteiger partial charge in [0.1, 0.15) is 5.01 Å². The van der Waals surface area contributed by atoms with Crippen molar-refractivity contribution in [2.75, 3.05) is 0 Å². The Morgan fingerprint density at radius 3 is 2.15 bits per heavy atom. The number of benzene rings is 3. The minimum Gasteiger partial charge on any atom is -0.328 e. The van der Waals surface area contributed by atoms with E-state index in [0.717, 1.165) is 32.4 Å². The van der Waals surface area contributed by atoms with Gasteiger partial charge in [0.15, 0.2) is 22.9 Å². The molecule has 2 aromatic heterocycles. The van der Waals surface area contributed by atoms with E-state index >= 15 is 0 Å². The number of aromatic nitrogens is 2. The van der Waals surface area contributed by atoms with E-state index in [2.05, 4.69) is 4.85 Å². The van der Waals surface area contributed by atoms with E-state index in [0.29, 0.717) is 21.8 Å². The van der Waals surface area contributed by atoms with E-state index in [1.807, 2.05) is 54.1 Å². The average molecular weight is 446 g/mol. The number of Topliss-reactive ketones (excluding diaryl/α,β-unsaturated/α-hetero) is 2. The minimum absolute atomic E-state index is 0.161. The lowest BCUT2D eigenvalue weighted by Gasteiger charge is -2.03. The number of fused-ring (bicyclic) bond motifs is 3. The highest BCUT2D eigenvalue weighted by atomic mass is 32.1. The Bertz CT molecular complexity index is 1660. The molecule has 0 amide bonds. The molecule has 2 heterocycles. The van der Waals surface area contributed by atoms with E-state index < -0.39 is 0 Å². The Morgan fingerprint density at radius 2 is 1.58 bits per heavy atom. The molecule has 0 saturated heterocycles. The molecule has 0 N–H and O–H groups in total. The zero-order valence-corrected chi connectivity index (χ0v) is 18.3. The first kappa shape index (κ1) is 19.4. The summed E-state index contributed by atoms with van der Waals surface area (Å²) in [6, 6.07) is 20.8. The zero-order valence-electron chi connectivity index (χ0n) is 17.5. The molecule has 0 spiro atoms. The number of allylic oxidation sites excluding steroid dienone is 1. The van der Waals surface area contributed by atoms with Crippen molar-refractivity contribution in [3.05, 3.63) is 99.9 Å². The Morgan fingerprint density at radius 1 is 0.939 bits per heavy atom. The summed E-state index contributed by atoms with van der Waals surface area (Å²) in [7, 11) is 1.93. The molecule has 0 radical (unpaired) electrons. The van der Waals surface area contributed by atoms with Crippen molar-refractivity contribution >= 4 is 55.8 Å². The van der Waals surface area contributed by atoms with Crippen LogP contribution in [0.15, 0.2) is 72.3 Å². The average Bonchev–Trinajstić information content (AvgIpc) is 3.45. The molecule has 5 nitrogen and oxygen atoms in total. The summed E-state index contributed by atoms with van der Waals surface area (Å²) in [4.78, 5) is 34.2. The van der Waals surface area contributed by atoms with Gasteiger partial charge in [0, 0.05) is 18.2 Å². The maximum Gasteiger partial charge on any atom is 0.197 e. The van der Waals surface area contributed by atoms with Crippen molar-refractivity contribution < 1.29 is 9.59 Å². The number of carbonyl (C=O) groups is 2. The third-order valence-electron chi connectivity index (χ3n) is 6.02. The lowest BCUT2D eigenvalue weighted by atomic mass is 10.0. The van der Waals surface area contributed by atoms with Crippen molar-refractivity contribution in [1.82, 2.24) is 9.55 Å². The fourth-order valence-corrected chi connectivity index (χ4v) is 5.30. The summed E-state index contributed by atoms with van der Waals surface area (Å²) in [5.41, 5.74) is 4.45. The van der Waals surface area contributed by atoms with Crippen LogP contribution >= 0.6 is 11.3 Å². The minimum atomic E-state index is -0.249. The normalized spacial score (nSPS) is 13.0. The maximum absolute atomic E-state index is 13.0. The molecule has 6 rings (SSSR count). The molecule has 33 heavy (non-hydrogen) atoms. The Balaban J connectivity index is 1.39. The third-order valence-corrected chi connectivity index (χ3v) is 6.96. The molecule has 1 aliphatic carbocycles. The van der Waals surface area contributed by atoms with Crippen molar-refractivity contribution in [3.8, 4) is 11.3 Å². The summed E-state index contributed by atoms with van der Waals surface area (Å²) < 4.78 is 2.95. The molecule has 0 fully saturated rings. The standard InChI is InChI=1S/C27H15N3O2S/c1-28-18-9-7-15(8-10-18)22-14-23-27(30(22)2)29-24(33-23)13-21-25(31)19-11-16-5-3-4-6-17(16)12-20(19)26(21)32/h3-14H,2H3. The lowest BCUT2D eigenvalue weighted by Crippen LogP contribution is -2.00. The van der Waals surface area contributed by atoms with Crippen LogP contribution in [0.5, 0.6) is 0 Å². The van der Waals surface area contributed by atoms with Gasteiger partial charge in [0.2, 0.25) is 0 Å². The molecule has 0 bridgehead atoms. The van der Waals surface area contributed by atoms with Gasteiger partial charge < -0.3 is 4.57 Å². The molecule has 0 aliphatic heterocycles. The number of aryl methyl sites for hydroxylation is 1. The predicted octanol–water partition coefficient (Wildman–Crippen LogP) is 6.47. The second-order valence-corrected chi connectivity index (χ2v) is 9.01. The van der Waals surface area contributed by atoms with Crippen molar-refractivity contribution in [2.45, 2.75) is 0 Å². The van der Waals surface area contributed by atoms with Crippen LogP contribution in [0.1, 0.15) is 25.7 Å². The van der Waals surface area contributed by atoms with E-state index in [4.69, 9.17) is 11.6 Å². The van der Waals surface area contributed by atoms with E-state index in [-0.39, 0.29) is 17.1 Å². The van der Waals surface area contributed by atoms with Gasteiger partial charge in [0.25, 0.3) is 0 Å². The van der Waals surface area contributed by atoms with Crippen LogP contribution in [0.3, 0.4) is 0 Å². The zero-order chi connectivity index (χ0) is 22.7. The van der Waals surface area contributed by atoms with Gasteiger partial charge in [-0.05, 0) is 40.6 Å². The van der Waals surface area contributed by atoms with E-state index in [9.17, 15) is 9.59 Å². The molecule has 0 saturated carbocycles. The van der Waals surface area contributed by atoms with Gasteiger partial charge in [-0.3, -0.25) is 9.59 Å². The van der Waals surface area contributed by atoms with Gasteiger partial charge in [-0.25, -0.2) is 9.83 Å². The van der Waals surface area contributed by atoms with Crippen LogP contribution in [0.25, 0.3) is 43.3 Å². The number of nitrogens with zero attached hydrogens (tertiary/aromatic N) is 3. The summed E-state index contributed by atoms with van der Waals surface area (Å²) >= 11 is 1.45. The topological polar surface area (TPSA) is 56.3 Å². The van der Waals surface area contributed by atoms with Crippen LogP contribution in [0, 0.1) is 6.57 Å². The van der Waals surface area contributed by atoms with E-state index in [1.165, 1.54) is 11.3 Å². The molecule has 1 aliphatic rings. The lowest BCUT2D eigenvalue weighted by molar-refractivity contribution is 0.0990. The molecule has 3 aromatic carbocycles. The highest BCUT2D eigenvalue weighted by Crippen LogP contribution is 2.35. The summed E-state index contributed by atoms with van der Waals surface area (Å²) in [6.45, 7) is 7.11. The first-order valence-corrected chi connectivity index (χ1v) is 11.1. The van der Waals surface area contributed by atoms with Gasteiger partial charge in [-0.2, -0.15) is 0 Å². The smallest absolute Gasteiger partial charge is 0.197 e. The van der Waals surface area contributed by atoms with E-state index in [1.54, 1.807) is 30.3 Å². The molecular weight excluding hydrogens is 430 g/mol. The fraction of sp³-hybridized carbons (Fsp3) is 0.0370. The van der Waals surface area contributed by atoms with Crippen LogP contribution in [-0.4, -0.2) is 21.1 Å². The summed E-state index contributed by atoms with van der Waals surface area (Å²) in [5.74, 6) is -0.499. The summed E-state index contributed by atoms with van der Waals surface area (Å²) in [6.07, 6.45) is 1.62. The van der Waals surface area contributed by atoms with Crippen molar-refractivity contribution in [2.24, 2.45) is 7.05 Å². The van der Waals surface area contributed by atoms with Gasteiger partial charge >= 0.3 is 0 Å². The number of thiazole rings is 1. The third kappa shape index (κ3) is 2.94. The van der Waals surface area contributed by atoms with Crippen molar-refractivity contribution in [3.63, 3.8) is 0 Å². The Kier molecular flexibility index (Phi) is 4.16. The number of hydrogen-bond donors (Lipinski definition) is 0. The number of rotatable bonds is 2. The predicted molar refractivity (Wildman–Crippen MR) is 131 cm³/mol. The summed E-state index contributed by atoms with van der Waals surface area (Å²) in [5, 5.41) is 2.51. The largest absolute Gasteiger partial charge is 0.328 e. The highest BCUT2D eigenvalue weighted by molar-refractivity contribution is 7.19. The van der Waals surface area contributed by atoms with Crippen LogP contribution in [0.4, 0.5) is 5.69 Å². The van der Waals surface area contributed by atoms with Crippen LogP contribution in [-0.2, 0) is 7.05 Å². The first-order valence-electron chi connectivity index (χ1n) is 10.3. The number of carbonyl (C=O) groups excluding carboxylic acids is 2. The van der Waals surface area contributed by atoms with Crippen molar-refractivity contribution in [1.29, 1.82) is 0 Å². The number of ketones is 2. The highest BCUT2D eigenvalue weighted by Gasteiger charge is 2.33. The quantitative estimate of drug-likeness (QED) is 0.178. The second-order valence-electron chi connectivity index (χ2n) is 7.95. The molecule has 0 atom stereocenters. The molecule has 6 heteroatoms. The van der Waals surface area contributed by atoms with Gasteiger partial charge in [-0.15, -0.1) is 11.3 Å². The van der Waals surface area contributed by atoms with Gasteiger partial charge in [0.05, 0.1) is 22.5 Å². The molecule has 5 aromatic rings. The Labute approximate surface area is 193 Å². The second kappa shape index (κ2) is 7.09. The van der Waals surface area contributed by atoms with Gasteiger partial charge in [-0.1, -0.05) is 48.5 Å². The molecule has 156 valence electrons. The SMILES string of the molecule is [C-]#[N+]c1ccc(-c2cc3sc(C=C4C(=O)c5cc6ccccc6cc5C4=O)nc3n2C)cc1. The van der Waals surface area contributed by atoms with Crippen LogP contribution in [0.2, 0.25) is 0 Å². The first-order chi connectivity index (χ1) is 16.0.